The SMILES string of the molecule is O=C(NN1CCCC(F)C1)OCc1ccccc1. The van der Waals surface area contributed by atoms with Gasteiger partial charge in [-0.2, -0.15) is 0 Å². The molecule has 1 atom stereocenters. The summed E-state index contributed by atoms with van der Waals surface area (Å²) in [5.74, 6) is 0. The fraction of sp³-hybridized carbons (Fsp3) is 0.462. The predicted molar refractivity (Wildman–Crippen MR) is 65.5 cm³/mol. The van der Waals surface area contributed by atoms with Gasteiger partial charge in [-0.1, -0.05) is 30.3 Å². The van der Waals surface area contributed by atoms with Crippen molar-refractivity contribution in [2.75, 3.05) is 13.1 Å². The van der Waals surface area contributed by atoms with E-state index >= 15 is 0 Å². The lowest BCUT2D eigenvalue weighted by atomic mass is 10.1. The minimum atomic E-state index is -0.867. The number of alkyl halides is 1. The smallest absolute Gasteiger partial charge is 0.422 e. The van der Waals surface area contributed by atoms with Crippen LogP contribution in [0.3, 0.4) is 0 Å². The highest BCUT2D eigenvalue weighted by atomic mass is 19.1. The van der Waals surface area contributed by atoms with Crippen LogP contribution >= 0.6 is 0 Å². The van der Waals surface area contributed by atoms with Gasteiger partial charge in [-0.15, -0.1) is 0 Å². The van der Waals surface area contributed by atoms with Crippen LogP contribution in [-0.4, -0.2) is 30.4 Å². The van der Waals surface area contributed by atoms with Crippen LogP contribution < -0.4 is 5.43 Å². The van der Waals surface area contributed by atoms with Crippen molar-refractivity contribution in [1.82, 2.24) is 10.4 Å². The van der Waals surface area contributed by atoms with Gasteiger partial charge in [0.05, 0.1) is 0 Å². The van der Waals surface area contributed by atoms with Crippen molar-refractivity contribution in [2.24, 2.45) is 0 Å². The number of nitrogens with one attached hydrogen (secondary N) is 1. The van der Waals surface area contributed by atoms with E-state index in [0.29, 0.717) is 13.0 Å². The first-order valence-electron chi connectivity index (χ1n) is 6.10. The summed E-state index contributed by atoms with van der Waals surface area (Å²) in [5.41, 5.74) is 3.48. The van der Waals surface area contributed by atoms with Gasteiger partial charge >= 0.3 is 6.09 Å². The van der Waals surface area contributed by atoms with Crippen LogP contribution in [-0.2, 0) is 11.3 Å². The molecule has 0 aliphatic carbocycles. The fourth-order valence-corrected chi connectivity index (χ4v) is 1.91. The highest BCUT2D eigenvalue weighted by Gasteiger charge is 2.20. The van der Waals surface area contributed by atoms with Gasteiger partial charge in [0.25, 0.3) is 0 Å². The van der Waals surface area contributed by atoms with Crippen LogP contribution in [0, 0.1) is 0 Å². The first-order valence-corrected chi connectivity index (χ1v) is 6.10. The maximum atomic E-state index is 13.1. The molecular formula is C13H17FN2O2. The number of hydrogen-bond donors (Lipinski definition) is 1. The Bertz CT molecular complexity index is 386. The molecule has 2 rings (SSSR count). The van der Waals surface area contributed by atoms with Gasteiger partial charge in [-0.05, 0) is 18.4 Å². The second kappa shape index (κ2) is 6.35. The molecule has 1 saturated heterocycles. The normalized spacial score (nSPS) is 20.4. The molecule has 1 aliphatic rings. The van der Waals surface area contributed by atoms with Gasteiger partial charge in [-0.3, -0.25) is 5.43 Å². The molecule has 98 valence electrons. The highest BCUT2D eigenvalue weighted by Crippen LogP contribution is 2.10. The highest BCUT2D eigenvalue weighted by molar-refractivity contribution is 5.66. The lowest BCUT2D eigenvalue weighted by Crippen LogP contribution is -2.48. The third-order valence-corrected chi connectivity index (χ3v) is 2.83. The number of carbonyl (C=O) groups excluding carboxylic acids is 1. The second-order valence-corrected chi connectivity index (χ2v) is 4.36. The average Bonchev–Trinajstić information content (AvgIpc) is 2.38. The van der Waals surface area contributed by atoms with Crippen LogP contribution in [0.5, 0.6) is 0 Å². The number of nitrogens with zero attached hydrogens (tertiary/aromatic N) is 1. The lowest BCUT2D eigenvalue weighted by molar-refractivity contribution is 0.0668. The van der Waals surface area contributed by atoms with Crippen LogP contribution in [0.15, 0.2) is 30.3 Å². The minimum Gasteiger partial charge on any atom is -0.444 e. The molecular weight excluding hydrogens is 235 g/mol. The van der Waals surface area contributed by atoms with Gasteiger partial charge in [0.2, 0.25) is 0 Å². The average molecular weight is 252 g/mol. The molecule has 1 aliphatic heterocycles. The van der Waals surface area contributed by atoms with E-state index in [9.17, 15) is 9.18 Å². The Morgan fingerprint density at radius 1 is 1.44 bits per heavy atom. The number of amides is 1. The van der Waals surface area contributed by atoms with Crippen molar-refractivity contribution in [3.63, 3.8) is 0 Å². The van der Waals surface area contributed by atoms with Gasteiger partial charge in [0, 0.05) is 13.1 Å². The fourth-order valence-electron chi connectivity index (χ4n) is 1.91. The molecule has 0 aromatic heterocycles. The van der Waals surface area contributed by atoms with E-state index in [1.165, 1.54) is 0 Å². The molecule has 4 nitrogen and oxygen atoms in total. The summed E-state index contributed by atoms with van der Waals surface area (Å²) in [5, 5.41) is 1.57. The standard InChI is InChI=1S/C13H17FN2O2/c14-12-7-4-8-16(9-12)15-13(17)18-10-11-5-2-1-3-6-11/h1-3,5-6,12H,4,7-10H2,(H,15,17). The lowest BCUT2D eigenvalue weighted by Gasteiger charge is -2.28. The zero-order valence-electron chi connectivity index (χ0n) is 10.1. The number of ether oxygens (including phenoxy) is 1. The molecule has 5 heteroatoms. The van der Waals surface area contributed by atoms with E-state index in [1.54, 1.807) is 5.01 Å². The third-order valence-electron chi connectivity index (χ3n) is 2.83. The topological polar surface area (TPSA) is 41.6 Å². The number of hydrogen-bond acceptors (Lipinski definition) is 3. The summed E-state index contributed by atoms with van der Waals surface area (Å²) in [4.78, 5) is 11.5. The van der Waals surface area contributed by atoms with Crippen LogP contribution in [0.4, 0.5) is 9.18 Å². The maximum absolute atomic E-state index is 13.1. The first-order chi connectivity index (χ1) is 8.74. The molecule has 1 N–H and O–H groups in total. The molecule has 1 heterocycles. The van der Waals surface area contributed by atoms with Crippen LogP contribution in [0.1, 0.15) is 18.4 Å². The Kier molecular flexibility index (Phi) is 4.52. The number of piperidine rings is 1. The van der Waals surface area contributed by atoms with E-state index < -0.39 is 12.3 Å². The summed E-state index contributed by atoms with van der Waals surface area (Å²) < 4.78 is 18.2. The number of halogens is 1. The Morgan fingerprint density at radius 3 is 2.94 bits per heavy atom. The largest absolute Gasteiger partial charge is 0.444 e. The van der Waals surface area contributed by atoms with Gasteiger partial charge in [-0.25, -0.2) is 14.2 Å². The summed E-state index contributed by atoms with van der Waals surface area (Å²) in [6.45, 7) is 1.13. The van der Waals surface area contributed by atoms with Crippen molar-refractivity contribution < 1.29 is 13.9 Å². The van der Waals surface area contributed by atoms with E-state index in [0.717, 1.165) is 12.0 Å². The zero-order chi connectivity index (χ0) is 12.8. The van der Waals surface area contributed by atoms with Crippen molar-refractivity contribution in [1.29, 1.82) is 0 Å². The van der Waals surface area contributed by atoms with E-state index in [1.807, 2.05) is 30.3 Å². The van der Waals surface area contributed by atoms with Crippen molar-refractivity contribution in [2.45, 2.75) is 25.6 Å². The number of carbonyl (C=O) groups is 1. The monoisotopic (exact) mass is 252 g/mol. The molecule has 1 aromatic rings. The number of benzene rings is 1. The number of hydrazine groups is 1. The van der Waals surface area contributed by atoms with E-state index in [4.69, 9.17) is 4.74 Å². The molecule has 18 heavy (non-hydrogen) atoms. The minimum absolute atomic E-state index is 0.222. The summed E-state index contributed by atoms with van der Waals surface area (Å²) in [7, 11) is 0. The maximum Gasteiger partial charge on any atom is 0.422 e. The van der Waals surface area contributed by atoms with Crippen LogP contribution in [0.25, 0.3) is 0 Å². The molecule has 0 saturated carbocycles. The Morgan fingerprint density at radius 2 is 2.22 bits per heavy atom. The molecule has 0 spiro atoms. The van der Waals surface area contributed by atoms with Gasteiger partial charge < -0.3 is 4.74 Å². The van der Waals surface area contributed by atoms with E-state index in [-0.39, 0.29) is 13.2 Å². The Hall–Kier alpha value is -1.62. The van der Waals surface area contributed by atoms with E-state index in [2.05, 4.69) is 5.43 Å². The second-order valence-electron chi connectivity index (χ2n) is 4.36. The first kappa shape index (κ1) is 12.8. The molecule has 1 unspecified atom stereocenters. The van der Waals surface area contributed by atoms with Gasteiger partial charge in [0.15, 0.2) is 0 Å². The van der Waals surface area contributed by atoms with Gasteiger partial charge in [0.1, 0.15) is 12.8 Å². The molecule has 0 radical (unpaired) electrons. The van der Waals surface area contributed by atoms with Crippen molar-refractivity contribution in [3.8, 4) is 0 Å². The summed E-state index contributed by atoms with van der Waals surface area (Å²) in [6, 6.07) is 9.43. The van der Waals surface area contributed by atoms with Crippen LogP contribution in [0.2, 0.25) is 0 Å². The Labute approximate surface area is 106 Å². The zero-order valence-corrected chi connectivity index (χ0v) is 10.1. The quantitative estimate of drug-likeness (QED) is 0.897. The molecule has 0 bridgehead atoms. The molecule has 1 fully saturated rings. The molecule has 1 amide bonds. The number of rotatable bonds is 3. The predicted octanol–water partition coefficient (Wildman–Crippen LogP) is 2.26. The summed E-state index contributed by atoms with van der Waals surface area (Å²) >= 11 is 0. The Balaban J connectivity index is 1.72. The third kappa shape index (κ3) is 4.00. The van der Waals surface area contributed by atoms with Crippen molar-refractivity contribution >= 4 is 6.09 Å². The van der Waals surface area contributed by atoms with Crippen molar-refractivity contribution in [3.05, 3.63) is 35.9 Å². The molecule has 1 aromatic carbocycles. The summed E-state index contributed by atoms with van der Waals surface area (Å²) in [6.07, 6.45) is -0.0849.